The highest BCUT2D eigenvalue weighted by molar-refractivity contribution is 6.33. The van der Waals surface area contributed by atoms with Gasteiger partial charge in [0.25, 0.3) is 0 Å². The van der Waals surface area contributed by atoms with Crippen molar-refractivity contribution in [1.29, 1.82) is 0 Å². The number of hydrogen-bond donors (Lipinski definition) is 1. The van der Waals surface area contributed by atoms with Crippen molar-refractivity contribution in [3.8, 4) is 16.9 Å². The molecule has 98 valence electrons. The van der Waals surface area contributed by atoms with Crippen molar-refractivity contribution in [3.63, 3.8) is 0 Å². The van der Waals surface area contributed by atoms with Crippen LogP contribution in [0.25, 0.3) is 11.1 Å². The molecule has 0 amide bonds. The highest BCUT2D eigenvalue weighted by atomic mass is 35.5. The van der Waals surface area contributed by atoms with Gasteiger partial charge < -0.3 is 4.74 Å². The van der Waals surface area contributed by atoms with Gasteiger partial charge in [-0.25, -0.2) is 14.8 Å². The van der Waals surface area contributed by atoms with E-state index in [1.807, 2.05) is 0 Å². The van der Waals surface area contributed by atoms with Gasteiger partial charge in [-0.3, -0.25) is 0 Å². The van der Waals surface area contributed by atoms with Crippen LogP contribution in [0.1, 0.15) is 0 Å². The molecule has 0 aliphatic heterocycles. The number of hydrogen-bond acceptors (Lipinski definition) is 4. The molecular weight excluding hydrogens is 273 g/mol. The lowest BCUT2D eigenvalue weighted by Crippen LogP contribution is -1.94. The van der Waals surface area contributed by atoms with Crippen LogP contribution in [0.3, 0.4) is 0 Å². The fraction of sp³-hybridized carbons (Fsp3) is 0.0833. The normalized spacial score (nSPS) is 10.1. The summed E-state index contributed by atoms with van der Waals surface area (Å²) in [5, 5.41) is 2.83. The van der Waals surface area contributed by atoms with E-state index in [4.69, 9.17) is 16.3 Å². The van der Waals surface area contributed by atoms with Gasteiger partial charge in [0.15, 0.2) is 0 Å². The maximum atomic E-state index is 13.4. The lowest BCUT2D eigenvalue weighted by atomic mass is 10.1. The van der Waals surface area contributed by atoms with Gasteiger partial charge in [-0.2, -0.15) is 0 Å². The summed E-state index contributed by atoms with van der Waals surface area (Å²) in [5.41, 5.74) is 3.11. The van der Waals surface area contributed by atoms with Crippen LogP contribution in [0.5, 0.6) is 5.75 Å². The van der Waals surface area contributed by atoms with E-state index in [1.165, 1.54) is 37.6 Å². The second kappa shape index (κ2) is 5.62. The number of aromatic nitrogens is 1. The molecule has 0 unspecified atom stereocenters. The van der Waals surface area contributed by atoms with Crippen LogP contribution in [0.2, 0.25) is 5.02 Å². The summed E-state index contributed by atoms with van der Waals surface area (Å²) in [4.78, 5) is 14.0. The molecule has 0 atom stereocenters. The van der Waals surface area contributed by atoms with Gasteiger partial charge in [-0.15, -0.1) is 4.91 Å². The molecule has 0 bridgehead atoms. The van der Waals surface area contributed by atoms with Crippen molar-refractivity contribution in [2.45, 2.75) is 0 Å². The first-order valence-electron chi connectivity index (χ1n) is 5.23. The summed E-state index contributed by atoms with van der Waals surface area (Å²) >= 11 is 6.04. The number of pyridine rings is 1. The molecule has 0 spiro atoms. The largest absolute Gasteiger partial charge is 0.496 e. The average Bonchev–Trinajstić information content (AvgIpc) is 2.41. The number of ether oxygens (including phenoxy) is 1. The minimum Gasteiger partial charge on any atom is -0.496 e. The number of rotatable bonds is 4. The molecule has 1 N–H and O–H groups in total. The van der Waals surface area contributed by atoms with Gasteiger partial charge >= 0.3 is 0 Å². The molecule has 0 aliphatic rings. The van der Waals surface area contributed by atoms with E-state index >= 15 is 0 Å². The van der Waals surface area contributed by atoms with Crippen LogP contribution in [0, 0.1) is 10.7 Å². The van der Waals surface area contributed by atoms with Gasteiger partial charge in [0.2, 0.25) is 0 Å². The topological polar surface area (TPSA) is 63.6 Å². The Balaban J connectivity index is 2.59. The average molecular weight is 282 g/mol. The second-order valence-electron chi connectivity index (χ2n) is 3.60. The summed E-state index contributed by atoms with van der Waals surface area (Å²) in [6, 6.07) is 5.55. The minimum absolute atomic E-state index is 0.209. The first-order valence-corrected chi connectivity index (χ1v) is 5.61. The van der Waals surface area contributed by atoms with Crippen molar-refractivity contribution in [2.24, 2.45) is 5.29 Å². The van der Waals surface area contributed by atoms with Crippen molar-refractivity contribution in [1.82, 2.24) is 4.98 Å². The SMILES string of the molecule is COc1ccc(F)cc1-c1cc(NN=O)ncc1Cl. The van der Waals surface area contributed by atoms with E-state index in [0.717, 1.165) is 0 Å². The highest BCUT2D eigenvalue weighted by Gasteiger charge is 2.12. The molecule has 0 saturated carbocycles. The Morgan fingerprint density at radius 3 is 2.84 bits per heavy atom. The van der Waals surface area contributed by atoms with Gasteiger partial charge in [-0.1, -0.05) is 11.6 Å². The number of benzene rings is 1. The lowest BCUT2D eigenvalue weighted by molar-refractivity contribution is 0.415. The molecule has 0 radical (unpaired) electrons. The molecule has 0 fully saturated rings. The van der Waals surface area contributed by atoms with Crippen LogP contribution in [-0.4, -0.2) is 12.1 Å². The summed E-state index contributed by atoms with van der Waals surface area (Å²) in [6.45, 7) is 0. The smallest absolute Gasteiger partial charge is 0.149 e. The Kier molecular flexibility index (Phi) is 3.91. The van der Waals surface area contributed by atoms with Crippen molar-refractivity contribution >= 4 is 17.4 Å². The van der Waals surface area contributed by atoms with E-state index in [9.17, 15) is 9.30 Å². The molecule has 1 heterocycles. The van der Waals surface area contributed by atoms with Crippen LogP contribution >= 0.6 is 11.6 Å². The number of nitrogens with zero attached hydrogens (tertiary/aromatic N) is 2. The monoisotopic (exact) mass is 281 g/mol. The van der Waals surface area contributed by atoms with Gasteiger partial charge in [0, 0.05) is 17.3 Å². The summed E-state index contributed by atoms with van der Waals surface area (Å²) in [5.74, 6) is 0.243. The summed E-state index contributed by atoms with van der Waals surface area (Å²) in [6.07, 6.45) is 1.34. The Bertz CT molecular complexity index is 622. The van der Waals surface area contributed by atoms with Gasteiger partial charge in [0.05, 0.1) is 17.4 Å². The van der Waals surface area contributed by atoms with Crippen LogP contribution in [-0.2, 0) is 0 Å². The predicted octanol–water partition coefficient (Wildman–Crippen LogP) is 3.64. The van der Waals surface area contributed by atoms with Crippen molar-refractivity contribution < 1.29 is 9.13 Å². The Labute approximate surface area is 113 Å². The Morgan fingerprint density at radius 2 is 2.16 bits per heavy atom. The third kappa shape index (κ3) is 2.79. The molecule has 1 aromatic carbocycles. The van der Waals surface area contributed by atoms with E-state index in [1.54, 1.807) is 0 Å². The fourth-order valence-corrected chi connectivity index (χ4v) is 1.85. The third-order valence-electron chi connectivity index (χ3n) is 2.47. The maximum Gasteiger partial charge on any atom is 0.149 e. The predicted molar refractivity (Wildman–Crippen MR) is 70.6 cm³/mol. The second-order valence-corrected chi connectivity index (χ2v) is 4.00. The zero-order valence-corrected chi connectivity index (χ0v) is 10.6. The zero-order valence-electron chi connectivity index (χ0n) is 9.85. The number of nitrogens with one attached hydrogen (secondary N) is 1. The molecule has 2 rings (SSSR count). The molecule has 5 nitrogen and oxygen atoms in total. The third-order valence-corrected chi connectivity index (χ3v) is 2.77. The number of anilines is 1. The first-order chi connectivity index (χ1) is 9.15. The van der Waals surface area contributed by atoms with E-state index in [2.05, 4.69) is 15.7 Å². The van der Waals surface area contributed by atoms with E-state index in [0.29, 0.717) is 21.9 Å². The zero-order chi connectivity index (χ0) is 13.8. The van der Waals surface area contributed by atoms with Crippen molar-refractivity contribution in [2.75, 3.05) is 12.5 Å². The van der Waals surface area contributed by atoms with E-state index < -0.39 is 5.82 Å². The van der Waals surface area contributed by atoms with Gasteiger partial charge in [0.1, 0.15) is 17.4 Å². The standard InChI is InChI=1S/C12H9ClFN3O2/c1-19-11-3-2-7(14)4-9(11)8-5-12(16-17-18)15-6-10(8)13/h2-6H,1H3,(H,15,16,18). The Hall–Kier alpha value is -2.21. The van der Waals surface area contributed by atoms with Crippen LogP contribution < -0.4 is 10.2 Å². The molecule has 0 aliphatic carbocycles. The maximum absolute atomic E-state index is 13.4. The summed E-state index contributed by atoms with van der Waals surface area (Å²) < 4.78 is 18.5. The molecule has 7 heteroatoms. The molecule has 19 heavy (non-hydrogen) atoms. The van der Waals surface area contributed by atoms with E-state index in [-0.39, 0.29) is 5.82 Å². The molecule has 1 aromatic heterocycles. The molecular formula is C12H9ClFN3O2. The number of halogens is 2. The lowest BCUT2D eigenvalue weighted by Gasteiger charge is -2.11. The first kappa shape index (κ1) is 13.2. The number of methoxy groups -OCH3 is 1. The minimum atomic E-state index is -0.424. The molecule has 0 saturated heterocycles. The Morgan fingerprint density at radius 1 is 1.37 bits per heavy atom. The highest BCUT2D eigenvalue weighted by Crippen LogP contribution is 2.36. The van der Waals surface area contributed by atoms with Crippen molar-refractivity contribution in [3.05, 3.63) is 46.2 Å². The number of nitroso groups, excluding NO2 is 1. The van der Waals surface area contributed by atoms with Gasteiger partial charge in [-0.05, 0) is 24.3 Å². The quantitative estimate of drug-likeness (QED) is 0.686. The van der Waals surface area contributed by atoms with Crippen LogP contribution in [0.4, 0.5) is 10.2 Å². The summed E-state index contributed by atoms with van der Waals surface area (Å²) in [7, 11) is 1.47. The van der Waals surface area contributed by atoms with Crippen LogP contribution in [0.15, 0.2) is 35.7 Å². The fourth-order valence-electron chi connectivity index (χ4n) is 1.64. The molecule has 2 aromatic rings.